The molecule has 0 bridgehead atoms. The maximum Gasteiger partial charge on any atom is 0.283 e. The van der Waals surface area contributed by atoms with Gasteiger partial charge >= 0.3 is 0 Å². The van der Waals surface area contributed by atoms with Crippen LogP contribution in [0.25, 0.3) is 6.08 Å². The summed E-state index contributed by atoms with van der Waals surface area (Å²) in [6, 6.07) is 12.9. The predicted octanol–water partition coefficient (Wildman–Crippen LogP) is 4.00. The van der Waals surface area contributed by atoms with E-state index in [1.165, 1.54) is 23.9 Å². The highest BCUT2D eigenvalue weighted by Crippen LogP contribution is 2.39. The van der Waals surface area contributed by atoms with E-state index in [1.807, 2.05) is 24.3 Å². The summed E-state index contributed by atoms with van der Waals surface area (Å²) in [5.74, 6) is 0.476. The molecule has 1 fully saturated rings. The standard InChI is InChI=1S/C23H24N6O4S/c1-15(2)17-5-3-4-6-20(17)34-21-9-7-16(13-18(21)29(31)32)8-10-22(30)28-11-12-33-19(14-28)23-24-26-27-25-23/h3-10,13,15,19H,11-12,14H2,1-2H3,(H,24,25,26,27)/b10-8+. The van der Waals surface area contributed by atoms with Crippen LogP contribution in [0.15, 0.2) is 58.3 Å². The van der Waals surface area contributed by atoms with Crippen LogP contribution in [0.2, 0.25) is 0 Å². The number of nitro groups is 1. The number of tetrazole rings is 1. The van der Waals surface area contributed by atoms with Gasteiger partial charge in [0.05, 0.1) is 23.0 Å². The number of aromatic amines is 1. The molecule has 3 aromatic rings. The number of benzene rings is 2. The number of carbonyl (C=O) groups is 1. The zero-order valence-electron chi connectivity index (χ0n) is 18.7. The van der Waals surface area contributed by atoms with Crippen LogP contribution >= 0.6 is 11.8 Å². The van der Waals surface area contributed by atoms with Gasteiger partial charge in [0.15, 0.2) is 0 Å². The van der Waals surface area contributed by atoms with Crippen molar-refractivity contribution in [2.45, 2.75) is 35.7 Å². The average Bonchev–Trinajstić information content (AvgIpc) is 3.38. The number of nitrogens with one attached hydrogen (secondary N) is 1. The van der Waals surface area contributed by atoms with Gasteiger partial charge in [-0.1, -0.05) is 55.1 Å². The molecule has 1 saturated heterocycles. The largest absolute Gasteiger partial charge is 0.366 e. The number of amides is 1. The highest BCUT2D eigenvalue weighted by molar-refractivity contribution is 7.99. The van der Waals surface area contributed by atoms with E-state index >= 15 is 0 Å². The highest BCUT2D eigenvalue weighted by atomic mass is 32.2. The Labute approximate surface area is 200 Å². The van der Waals surface area contributed by atoms with Crippen molar-refractivity contribution >= 4 is 29.4 Å². The first-order valence-electron chi connectivity index (χ1n) is 10.8. The summed E-state index contributed by atoms with van der Waals surface area (Å²) in [4.78, 5) is 27.3. The van der Waals surface area contributed by atoms with Crippen LogP contribution in [-0.2, 0) is 9.53 Å². The number of nitrogens with zero attached hydrogens (tertiary/aromatic N) is 5. The van der Waals surface area contributed by atoms with Gasteiger partial charge in [0, 0.05) is 23.6 Å². The molecule has 1 atom stereocenters. The van der Waals surface area contributed by atoms with Gasteiger partial charge in [-0.25, -0.2) is 0 Å². The van der Waals surface area contributed by atoms with Gasteiger partial charge in [-0.05, 0) is 35.3 Å². The third kappa shape index (κ3) is 5.49. The number of H-pyrrole nitrogens is 1. The summed E-state index contributed by atoms with van der Waals surface area (Å²) in [5, 5.41) is 25.5. The highest BCUT2D eigenvalue weighted by Gasteiger charge is 2.27. The molecule has 34 heavy (non-hydrogen) atoms. The molecule has 4 rings (SSSR count). The number of hydrogen-bond acceptors (Lipinski definition) is 8. The zero-order chi connectivity index (χ0) is 24.1. The summed E-state index contributed by atoms with van der Waals surface area (Å²) in [6.45, 7) is 5.28. The first-order chi connectivity index (χ1) is 16.4. The number of aromatic nitrogens is 4. The van der Waals surface area contributed by atoms with Crippen molar-refractivity contribution < 1.29 is 14.5 Å². The number of morpholine rings is 1. The summed E-state index contributed by atoms with van der Waals surface area (Å²) in [6.07, 6.45) is 2.55. The average molecular weight is 481 g/mol. The van der Waals surface area contributed by atoms with E-state index in [-0.39, 0.29) is 11.6 Å². The van der Waals surface area contributed by atoms with Crippen LogP contribution in [0, 0.1) is 10.1 Å². The Morgan fingerprint density at radius 2 is 2.12 bits per heavy atom. The fourth-order valence-corrected chi connectivity index (χ4v) is 4.80. The van der Waals surface area contributed by atoms with Gasteiger partial charge in [0.2, 0.25) is 11.7 Å². The van der Waals surface area contributed by atoms with Crippen LogP contribution in [0.1, 0.15) is 42.8 Å². The molecule has 1 unspecified atom stereocenters. The third-order valence-electron chi connectivity index (χ3n) is 5.39. The lowest BCUT2D eigenvalue weighted by Crippen LogP contribution is -2.41. The van der Waals surface area contributed by atoms with E-state index in [9.17, 15) is 14.9 Å². The van der Waals surface area contributed by atoms with Crippen molar-refractivity contribution in [3.8, 4) is 0 Å². The molecule has 1 N–H and O–H groups in total. The Morgan fingerprint density at radius 3 is 2.85 bits per heavy atom. The van der Waals surface area contributed by atoms with Crippen molar-refractivity contribution in [1.82, 2.24) is 25.5 Å². The fourth-order valence-electron chi connectivity index (χ4n) is 3.62. The molecule has 0 spiro atoms. The Morgan fingerprint density at radius 1 is 1.29 bits per heavy atom. The van der Waals surface area contributed by atoms with E-state index in [1.54, 1.807) is 23.1 Å². The SMILES string of the molecule is CC(C)c1ccccc1Sc1ccc(/C=C/C(=O)N2CCOC(c3nn[nH]n3)C2)cc1[N+](=O)[O-]. The number of ether oxygens (including phenoxy) is 1. The van der Waals surface area contributed by atoms with Crippen molar-refractivity contribution in [2.24, 2.45) is 0 Å². The Balaban J connectivity index is 1.49. The summed E-state index contributed by atoms with van der Waals surface area (Å²) < 4.78 is 5.61. The van der Waals surface area contributed by atoms with Crippen molar-refractivity contribution in [3.05, 3.63) is 75.6 Å². The van der Waals surface area contributed by atoms with Gasteiger partial charge in [-0.3, -0.25) is 14.9 Å². The van der Waals surface area contributed by atoms with Crippen molar-refractivity contribution in [2.75, 3.05) is 19.7 Å². The second kappa shape index (κ2) is 10.6. The number of carbonyl (C=O) groups excluding carboxylic acids is 1. The predicted molar refractivity (Wildman–Crippen MR) is 126 cm³/mol. The molecule has 0 saturated carbocycles. The molecule has 176 valence electrons. The Hall–Kier alpha value is -3.57. The molecular weight excluding hydrogens is 456 g/mol. The number of hydrogen-bond donors (Lipinski definition) is 1. The number of nitro benzene ring substituents is 1. The van der Waals surface area contributed by atoms with Gasteiger partial charge < -0.3 is 9.64 Å². The maximum absolute atomic E-state index is 12.7. The lowest BCUT2D eigenvalue weighted by Gasteiger charge is -2.30. The topological polar surface area (TPSA) is 127 Å². The Bertz CT molecular complexity index is 1200. The van der Waals surface area contributed by atoms with Crippen LogP contribution < -0.4 is 0 Å². The van der Waals surface area contributed by atoms with Gasteiger partial charge in [0.25, 0.3) is 5.69 Å². The van der Waals surface area contributed by atoms with Gasteiger partial charge in [0.1, 0.15) is 6.10 Å². The van der Waals surface area contributed by atoms with Crippen molar-refractivity contribution in [1.29, 1.82) is 0 Å². The first kappa shape index (κ1) is 23.6. The Kier molecular flexibility index (Phi) is 7.33. The van der Waals surface area contributed by atoms with Gasteiger partial charge in [-0.15, -0.1) is 10.2 Å². The molecule has 1 amide bonds. The van der Waals surface area contributed by atoms with Gasteiger partial charge in [-0.2, -0.15) is 5.21 Å². The zero-order valence-corrected chi connectivity index (χ0v) is 19.6. The molecule has 1 aliphatic heterocycles. The molecular formula is C23H24N6O4S. The lowest BCUT2D eigenvalue weighted by atomic mass is 10.0. The van der Waals surface area contributed by atoms with E-state index < -0.39 is 11.0 Å². The second-order valence-corrected chi connectivity index (χ2v) is 9.11. The fraction of sp³-hybridized carbons (Fsp3) is 0.304. The minimum Gasteiger partial charge on any atom is -0.366 e. The third-order valence-corrected chi connectivity index (χ3v) is 6.54. The minimum atomic E-state index is -0.448. The van der Waals surface area contributed by atoms with E-state index in [0.717, 1.165) is 10.5 Å². The molecule has 2 heterocycles. The lowest BCUT2D eigenvalue weighted by molar-refractivity contribution is -0.387. The second-order valence-electron chi connectivity index (χ2n) is 8.03. The smallest absolute Gasteiger partial charge is 0.283 e. The van der Waals surface area contributed by atoms with Crippen LogP contribution in [-0.4, -0.2) is 56.1 Å². The maximum atomic E-state index is 12.7. The van der Waals surface area contributed by atoms with Crippen LogP contribution in [0.3, 0.4) is 0 Å². The van der Waals surface area contributed by atoms with Crippen molar-refractivity contribution in [3.63, 3.8) is 0 Å². The minimum absolute atomic E-state index is 0.00158. The molecule has 2 aromatic carbocycles. The van der Waals surface area contributed by atoms with E-state index in [4.69, 9.17) is 4.74 Å². The molecule has 0 aliphatic carbocycles. The summed E-state index contributed by atoms with van der Waals surface area (Å²) >= 11 is 1.38. The molecule has 11 heteroatoms. The van der Waals surface area contributed by atoms with Crippen LogP contribution in [0.4, 0.5) is 5.69 Å². The van der Waals surface area contributed by atoms with Crippen LogP contribution in [0.5, 0.6) is 0 Å². The molecule has 1 aromatic heterocycles. The first-order valence-corrected chi connectivity index (χ1v) is 11.6. The monoisotopic (exact) mass is 480 g/mol. The van der Waals surface area contributed by atoms with E-state index in [2.05, 4.69) is 34.5 Å². The summed E-state index contributed by atoms with van der Waals surface area (Å²) in [5.41, 5.74) is 1.72. The molecule has 0 radical (unpaired) electrons. The van der Waals surface area contributed by atoms with E-state index in [0.29, 0.717) is 41.9 Å². The summed E-state index contributed by atoms with van der Waals surface area (Å²) in [7, 11) is 0. The normalized spacial score (nSPS) is 16.3. The number of rotatable bonds is 7. The quantitative estimate of drug-likeness (QED) is 0.305. The molecule has 1 aliphatic rings. The molecule has 10 nitrogen and oxygen atoms in total.